The van der Waals surface area contributed by atoms with E-state index in [9.17, 15) is 9.59 Å². The van der Waals surface area contributed by atoms with Crippen molar-refractivity contribution in [3.63, 3.8) is 0 Å². The quantitative estimate of drug-likeness (QED) is 0.751. The summed E-state index contributed by atoms with van der Waals surface area (Å²) in [6, 6.07) is 2.75. The summed E-state index contributed by atoms with van der Waals surface area (Å²) in [5.41, 5.74) is 1.21. The first kappa shape index (κ1) is 10.2. The van der Waals surface area contributed by atoms with E-state index in [0.29, 0.717) is 11.1 Å². The third-order valence-corrected chi connectivity index (χ3v) is 2.03. The summed E-state index contributed by atoms with van der Waals surface area (Å²) >= 11 is 0. The lowest BCUT2D eigenvalue weighted by molar-refractivity contribution is 0.0695. The van der Waals surface area contributed by atoms with Crippen molar-refractivity contribution in [2.45, 2.75) is 13.8 Å². The summed E-state index contributed by atoms with van der Waals surface area (Å²) < 4.78 is 0. The molecular weight excluding hydrogens is 184 g/mol. The van der Waals surface area contributed by atoms with Gasteiger partial charge in [0.15, 0.2) is 0 Å². The SMILES string of the molecule is Cc1cc(C)c(C(=O)O)cc1C(=O)O. The summed E-state index contributed by atoms with van der Waals surface area (Å²) in [5, 5.41) is 17.5. The number of carboxylic acids is 2. The van der Waals surface area contributed by atoms with Crippen molar-refractivity contribution in [3.8, 4) is 0 Å². The molecule has 0 atom stereocenters. The molecule has 0 radical (unpaired) electrons. The van der Waals surface area contributed by atoms with Crippen LogP contribution in [-0.2, 0) is 0 Å². The highest BCUT2D eigenvalue weighted by Gasteiger charge is 2.14. The standard InChI is InChI=1S/C10H10O4/c1-5-3-6(2)8(10(13)14)4-7(5)9(11)12/h3-4H,1-2H3,(H,11,12)(H,13,14). The van der Waals surface area contributed by atoms with Crippen LogP contribution in [-0.4, -0.2) is 22.2 Å². The van der Waals surface area contributed by atoms with Gasteiger partial charge in [-0.25, -0.2) is 9.59 Å². The van der Waals surface area contributed by atoms with Gasteiger partial charge in [0.1, 0.15) is 0 Å². The number of carboxylic acid groups (broad SMARTS) is 2. The molecule has 0 spiro atoms. The van der Waals surface area contributed by atoms with E-state index in [4.69, 9.17) is 10.2 Å². The maximum absolute atomic E-state index is 10.7. The molecule has 0 aliphatic rings. The van der Waals surface area contributed by atoms with Crippen molar-refractivity contribution in [3.05, 3.63) is 34.4 Å². The third kappa shape index (κ3) is 1.74. The van der Waals surface area contributed by atoms with Gasteiger partial charge in [0.05, 0.1) is 11.1 Å². The molecule has 1 aromatic carbocycles. The summed E-state index contributed by atoms with van der Waals surface area (Å²) in [7, 11) is 0. The van der Waals surface area contributed by atoms with E-state index in [0.717, 1.165) is 0 Å². The number of hydrogen-bond acceptors (Lipinski definition) is 2. The molecule has 0 aliphatic heterocycles. The van der Waals surface area contributed by atoms with Crippen LogP contribution in [0.5, 0.6) is 0 Å². The van der Waals surface area contributed by atoms with Crippen molar-refractivity contribution in [1.82, 2.24) is 0 Å². The first-order valence-corrected chi connectivity index (χ1v) is 4.01. The fraction of sp³-hybridized carbons (Fsp3) is 0.200. The molecule has 74 valence electrons. The van der Waals surface area contributed by atoms with E-state index in [2.05, 4.69) is 0 Å². The Balaban J connectivity index is 3.42. The van der Waals surface area contributed by atoms with Crippen molar-refractivity contribution in [1.29, 1.82) is 0 Å². The van der Waals surface area contributed by atoms with Crippen LogP contribution < -0.4 is 0 Å². The third-order valence-electron chi connectivity index (χ3n) is 2.03. The summed E-state index contributed by atoms with van der Waals surface area (Å²) in [4.78, 5) is 21.4. The van der Waals surface area contributed by atoms with E-state index in [1.807, 2.05) is 0 Å². The maximum Gasteiger partial charge on any atom is 0.335 e. The highest BCUT2D eigenvalue weighted by atomic mass is 16.4. The second-order valence-electron chi connectivity index (χ2n) is 3.09. The molecule has 4 heteroatoms. The molecule has 0 aliphatic carbocycles. The Morgan fingerprint density at radius 3 is 1.57 bits per heavy atom. The molecule has 0 unspecified atom stereocenters. The van der Waals surface area contributed by atoms with Crippen molar-refractivity contribution in [2.24, 2.45) is 0 Å². The zero-order valence-electron chi connectivity index (χ0n) is 7.87. The Kier molecular flexibility index (Phi) is 2.56. The van der Waals surface area contributed by atoms with E-state index < -0.39 is 11.9 Å². The Labute approximate surface area is 80.8 Å². The summed E-state index contributed by atoms with van der Waals surface area (Å²) in [6.07, 6.45) is 0. The zero-order chi connectivity index (χ0) is 10.9. The van der Waals surface area contributed by atoms with E-state index >= 15 is 0 Å². The number of benzene rings is 1. The predicted octanol–water partition coefficient (Wildman–Crippen LogP) is 1.70. The largest absolute Gasteiger partial charge is 0.478 e. The highest BCUT2D eigenvalue weighted by molar-refractivity contribution is 5.95. The van der Waals surface area contributed by atoms with Crippen molar-refractivity contribution < 1.29 is 19.8 Å². The molecule has 0 fully saturated rings. The van der Waals surface area contributed by atoms with Gasteiger partial charge in [-0.05, 0) is 31.0 Å². The van der Waals surface area contributed by atoms with E-state index in [-0.39, 0.29) is 11.1 Å². The van der Waals surface area contributed by atoms with Crippen molar-refractivity contribution in [2.75, 3.05) is 0 Å². The second-order valence-corrected chi connectivity index (χ2v) is 3.09. The Morgan fingerprint density at radius 1 is 0.929 bits per heavy atom. The fourth-order valence-electron chi connectivity index (χ4n) is 1.31. The summed E-state index contributed by atoms with van der Waals surface area (Å²) in [5.74, 6) is -2.21. The van der Waals surface area contributed by atoms with Crippen LogP contribution >= 0.6 is 0 Å². The van der Waals surface area contributed by atoms with Crippen LogP contribution in [0.15, 0.2) is 12.1 Å². The lowest BCUT2D eigenvalue weighted by atomic mass is 10.0. The molecule has 0 heterocycles. The molecule has 2 N–H and O–H groups in total. The minimum atomic E-state index is -1.11. The molecule has 0 aromatic heterocycles. The van der Waals surface area contributed by atoms with Crippen LogP contribution in [0.3, 0.4) is 0 Å². The average molecular weight is 194 g/mol. The Bertz CT molecular complexity index is 372. The molecule has 4 nitrogen and oxygen atoms in total. The Hall–Kier alpha value is -1.84. The van der Waals surface area contributed by atoms with Crippen LogP contribution in [0.25, 0.3) is 0 Å². The number of hydrogen-bond donors (Lipinski definition) is 2. The van der Waals surface area contributed by atoms with Crippen LogP contribution in [0.4, 0.5) is 0 Å². The topological polar surface area (TPSA) is 74.6 Å². The van der Waals surface area contributed by atoms with Gasteiger partial charge in [0.2, 0.25) is 0 Å². The highest BCUT2D eigenvalue weighted by Crippen LogP contribution is 2.16. The molecule has 1 aromatic rings. The lowest BCUT2D eigenvalue weighted by Gasteiger charge is -2.05. The van der Waals surface area contributed by atoms with Crippen LogP contribution in [0.2, 0.25) is 0 Å². The lowest BCUT2D eigenvalue weighted by Crippen LogP contribution is -2.06. The van der Waals surface area contributed by atoms with Crippen molar-refractivity contribution >= 4 is 11.9 Å². The van der Waals surface area contributed by atoms with Gasteiger partial charge < -0.3 is 10.2 Å². The van der Waals surface area contributed by atoms with E-state index in [1.54, 1.807) is 19.9 Å². The molecular formula is C10H10O4. The number of aromatic carboxylic acids is 2. The monoisotopic (exact) mass is 194 g/mol. The molecule has 1 rings (SSSR count). The fourth-order valence-corrected chi connectivity index (χ4v) is 1.31. The minimum Gasteiger partial charge on any atom is -0.478 e. The number of aryl methyl sites for hydroxylation is 2. The smallest absolute Gasteiger partial charge is 0.335 e. The van der Waals surface area contributed by atoms with Gasteiger partial charge in [0.25, 0.3) is 0 Å². The van der Waals surface area contributed by atoms with Gasteiger partial charge in [0, 0.05) is 0 Å². The molecule has 0 bridgehead atoms. The molecule has 0 saturated carbocycles. The van der Waals surface area contributed by atoms with Gasteiger partial charge in [-0.15, -0.1) is 0 Å². The second kappa shape index (κ2) is 3.49. The first-order chi connectivity index (χ1) is 6.43. The van der Waals surface area contributed by atoms with Gasteiger partial charge in [-0.2, -0.15) is 0 Å². The van der Waals surface area contributed by atoms with Crippen LogP contribution in [0.1, 0.15) is 31.8 Å². The predicted molar refractivity (Wildman–Crippen MR) is 49.8 cm³/mol. The maximum atomic E-state index is 10.7. The average Bonchev–Trinajstić information content (AvgIpc) is 2.02. The molecule has 0 saturated heterocycles. The summed E-state index contributed by atoms with van der Waals surface area (Å²) in [6.45, 7) is 3.28. The number of carbonyl (C=O) groups is 2. The molecule has 14 heavy (non-hydrogen) atoms. The Morgan fingerprint density at radius 2 is 1.29 bits per heavy atom. The number of rotatable bonds is 2. The van der Waals surface area contributed by atoms with E-state index in [1.165, 1.54) is 6.07 Å². The first-order valence-electron chi connectivity index (χ1n) is 4.01. The van der Waals surface area contributed by atoms with Gasteiger partial charge in [-0.3, -0.25) is 0 Å². The molecule has 0 amide bonds. The normalized spacial score (nSPS) is 9.86. The van der Waals surface area contributed by atoms with Gasteiger partial charge >= 0.3 is 11.9 Å². The minimum absolute atomic E-state index is 0.0352. The van der Waals surface area contributed by atoms with Gasteiger partial charge in [-0.1, -0.05) is 6.07 Å². The van der Waals surface area contributed by atoms with Crippen LogP contribution in [0, 0.1) is 13.8 Å². The zero-order valence-corrected chi connectivity index (χ0v) is 7.87.